The van der Waals surface area contributed by atoms with Crippen LogP contribution in [-0.2, 0) is 16.0 Å². The summed E-state index contributed by atoms with van der Waals surface area (Å²) in [6.45, 7) is 2.13. The van der Waals surface area contributed by atoms with E-state index in [1.807, 2.05) is 12.1 Å². The number of phenolic OH excluding ortho intramolecular Hbond substituents is 1. The molecular weight excluding hydrogens is 318 g/mol. The molecule has 2 aromatic rings. The first kappa shape index (κ1) is 18.2. The Labute approximate surface area is 146 Å². The second-order valence-corrected chi connectivity index (χ2v) is 5.51. The molecule has 6 heteroatoms. The number of hydrogen-bond donors (Lipinski definition) is 3. The van der Waals surface area contributed by atoms with Gasteiger partial charge in [-0.25, -0.2) is 5.43 Å². The van der Waals surface area contributed by atoms with Crippen molar-refractivity contribution in [3.8, 4) is 5.75 Å². The Morgan fingerprint density at radius 1 is 1.08 bits per heavy atom. The number of amides is 2. The van der Waals surface area contributed by atoms with Gasteiger partial charge >= 0.3 is 11.8 Å². The highest BCUT2D eigenvalue weighted by Crippen LogP contribution is 2.13. The Morgan fingerprint density at radius 3 is 2.48 bits per heavy atom. The standard InChI is InChI=1S/C19H21N3O3/c1-2-3-6-14-9-11-16(12-10-14)21-18(24)19(25)22-20-13-15-7-4-5-8-17(15)23/h4-5,7-13,23H,2-3,6H2,1H3,(H,21,24)(H,22,25)/b20-13+. The van der Waals surface area contributed by atoms with E-state index in [4.69, 9.17) is 0 Å². The molecule has 3 N–H and O–H groups in total. The van der Waals surface area contributed by atoms with Crippen LogP contribution >= 0.6 is 0 Å². The molecular formula is C19H21N3O3. The number of hydrazone groups is 1. The minimum Gasteiger partial charge on any atom is -0.507 e. The van der Waals surface area contributed by atoms with Crippen LogP contribution in [0.4, 0.5) is 5.69 Å². The molecule has 0 aliphatic rings. The van der Waals surface area contributed by atoms with Crippen molar-refractivity contribution in [3.63, 3.8) is 0 Å². The molecule has 0 aliphatic heterocycles. The van der Waals surface area contributed by atoms with Gasteiger partial charge in [-0.05, 0) is 42.7 Å². The number of carbonyl (C=O) groups is 2. The SMILES string of the molecule is CCCCc1ccc(NC(=O)C(=O)N/N=C/c2ccccc2O)cc1. The van der Waals surface area contributed by atoms with E-state index >= 15 is 0 Å². The van der Waals surface area contributed by atoms with Crippen molar-refractivity contribution >= 4 is 23.7 Å². The highest BCUT2D eigenvalue weighted by Gasteiger charge is 2.12. The summed E-state index contributed by atoms with van der Waals surface area (Å²) >= 11 is 0. The fraction of sp³-hybridized carbons (Fsp3) is 0.211. The van der Waals surface area contributed by atoms with E-state index in [-0.39, 0.29) is 5.75 Å². The number of hydrogen-bond acceptors (Lipinski definition) is 4. The van der Waals surface area contributed by atoms with Gasteiger partial charge in [-0.2, -0.15) is 5.10 Å². The Bertz CT molecular complexity index is 755. The Hall–Kier alpha value is -3.15. The molecule has 0 atom stereocenters. The molecule has 0 aliphatic carbocycles. The fourth-order valence-electron chi connectivity index (χ4n) is 2.13. The van der Waals surface area contributed by atoms with E-state index in [2.05, 4.69) is 22.8 Å². The zero-order valence-corrected chi connectivity index (χ0v) is 14.0. The predicted octanol–water partition coefficient (Wildman–Crippen LogP) is 2.82. The highest BCUT2D eigenvalue weighted by molar-refractivity contribution is 6.39. The molecule has 130 valence electrons. The van der Waals surface area contributed by atoms with Gasteiger partial charge < -0.3 is 10.4 Å². The molecule has 0 saturated carbocycles. The van der Waals surface area contributed by atoms with Crippen molar-refractivity contribution in [2.45, 2.75) is 26.2 Å². The first-order chi connectivity index (χ1) is 12.1. The maximum atomic E-state index is 11.8. The number of para-hydroxylation sites is 1. The molecule has 0 saturated heterocycles. The molecule has 25 heavy (non-hydrogen) atoms. The van der Waals surface area contributed by atoms with E-state index in [9.17, 15) is 14.7 Å². The topological polar surface area (TPSA) is 90.8 Å². The predicted molar refractivity (Wildman–Crippen MR) is 97.5 cm³/mol. The monoisotopic (exact) mass is 339 g/mol. The average Bonchev–Trinajstić information content (AvgIpc) is 2.62. The van der Waals surface area contributed by atoms with Crippen molar-refractivity contribution in [2.75, 3.05) is 5.32 Å². The molecule has 0 unspecified atom stereocenters. The fourth-order valence-corrected chi connectivity index (χ4v) is 2.13. The number of rotatable bonds is 6. The zero-order valence-electron chi connectivity index (χ0n) is 14.0. The van der Waals surface area contributed by atoms with Crippen LogP contribution in [0, 0.1) is 0 Å². The van der Waals surface area contributed by atoms with Crippen LogP contribution in [0.5, 0.6) is 5.75 Å². The number of aryl methyl sites for hydroxylation is 1. The van der Waals surface area contributed by atoms with Crippen molar-refractivity contribution in [2.24, 2.45) is 5.10 Å². The minimum absolute atomic E-state index is 0.0353. The van der Waals surface area contributed by atoms with Crippen molar-refractivity contribution < 1.29 is 14.7 Å². The van der Waals surface area contributed by atoms with Crippen molar-refractivity contribution in [3.05, 3.63) is 59.7 Å². The van der Waals surface area contributed by atoms with E-state index in [1.165, 1.54) is 17.8 Å². The number of phenols is 1. The average molecular weight is 339 g/mol. The summed E-state index contributed by atoms with van der Waals surface area (Å²) in [4.78, 5) is 23.6. The van der Waals surface area contributed by atoms with Crippen LogP contribution < -0.4 is 10.7 Å². The summed E-state index contributed by atoms with van der Waals surface area (Å²) in [7, 11) is 0. The molecule has 2 aromatic carbocycles. The summed E-state index contributed by atoms with van der Waals surface area (Å²) in [6, 6.07) is 13.9. The normalized spacial score (nSPS) is 10.6. The molecule has 2 amide bonds. The third kappa shape index (κ3) is 5.76. The zero-order chi connectivity index (χ0) is 18.1. The van der Waals surface area contributed by atoms with E-state index in [0.29, 0.717) is 11.3 Å². The van der Waals surface area contributed by atoms with E-state index < -0.39 is 11.8 Å². The minimum atomic E-state index is -0.887. The van der Waals surface area contributed by atoms with E-state index in [0.717, 1.165) is 19.3 Å². The van der Waals surface area contributed by atoms with Crippen LogP contribution in [-0.4, -0.2) is 23.1 Å². The van der Waals surface area contributed by atoms with Gasteiger partial charge in [0, 0.05) is 11.3 Å². The summed E-state index contributed by atoms with van der Waals surface area (Å²) in [5.74, 6) is -1.66. The molecule has 0 radical (unpaired) electrons. The largest absolute Gasteiger partial charge is 0.507 e. The van der Waals surface area contributed by atoms with E-state index in [1.54, 1.807) is 30.3 Å². The van der Waals surface area contributed by atoms with Crippen LogP contribution in [0.25, 0.3) is 0 Å². The third-order valence-electron chi connectivity index (χ3n) is 3.54. The summed E-state index contributed by atoms with van der Waals surface area (Å²) in [5.41, 5.74) is 4.30. The van der Waals surface area contributed by atoms with Crippen LogP contribution in [0.2, 0.25) is 0 Å². The number of benzene rings is 2. The van der Waals surface area contributed by atoms with Gasteiger partial charge in [0.25, 0.3) is 0 Å². The first-order valence-corrected chi connectivity index (χ1v) is 8.11. The second-order valence-electron chi connectivity index (χ2n) is 5.51. The van der Waals surface area contributed by atoms with Gasteiger partial charge in [-0.15, -0.1) is 0 Å². The van der Waals surface area contributed by atoms with Crippen LogP contribution in [0.3, 0.4) is 0 Å². The number of nitrogens with zero attached hydrogens (tertiary/aromatic N) is 1. The number of anilines is 1. The molecule has 6 nitrogen and oxygen atoms in total. The summed E-state index contributed by atoms with van der Waals surface area (Å²) in [6.07, 6.45) is 4.50. The second kappa shape index (κ2) is 9.22. The van der Waals surface area contributed by atoms with Crippen LogP contribution in [0.1, 0.15) is 30.9 Å². The number of aromatic hydroxyl groups is 1. The first-order valence-electron chi connectivity index (χ1n) is 8.11. The van der Waals surface area contributed by atoms with Crippen LogP contribution in [0.15, 0.2) is 53.6 Å². The summed E-state index contributed by atoms with van der Waals surface area (Å²) in [5, 5.41) is 15.8. The molecule has 2 rings (SSSR count). The quantitative estimate of drug-likeness (QED) is 0.429. The number of unbranched alkanes of at least 4 members (excludes halogenated alkanes) is 1. The van der Waals surface area contributed by atoms with Gasteiger partial charge in [0.1, 0.15) is 5.75 Å². The maximum absolute atomic E-state index is 11.8. The lowest BCUT2D eigenvalue weighted by Gasteiger charge is -2.05. The summed E-state index contributed by atoms with van der Waals surface area (Å²) < 4.78 is 0. The van der Waals surface area contributed by atoms with Gasteiger partial charge in [-0.1, -0.05) is 37.6 Å². The van der Waals surface area contributed by atoms with Crippen molar-refractivity contribution in [1.82, 2.24) is 5.43 Å². The van der Waals surface area contributed by atoms with Gasteiger partial charge in [0.2, 0.25) is 0 Å². The number of carbonyl (C=O) groups excluding carboxylic acids is 2. The molecule has 0 heterocycles. The van der Waals surface area contributed by atoms with Crippen molar-refractivity contribution in [1.29, 1.82) is 0 Å². The Balaban J connectivity index is 1.85. The lowest BCUT2D eigenvalue weighted by Crippen LogP contribution is -2.32. The molecule has 0 fully saturated rings. The lowest BCUT2D eigenvalue weighted by atomic mass is 10.1. The number of nitrogens with one attached hydrogen (secondary N) is 2. The van der Waals surface area contributed by atoms with Gasteiger partial charge in [-0.3, -0.25) is 9.59 Å². The third-order valence-corrected chi connectivity index (χ3v) is 3.54. The molecule has 0 spiro atoms. The smallest absolute Gasteiger partial charge is 0.329 e. The highest BCUT2D eigenvalue weighted by atomic mass is 16.3. The van der Waals surface area contributed by atoms with Gasteiger partial charge in [0.15, 0.2) is 0 Å². The maximum Gasteiger partial charge on any atom is 0.329 e. The van der Waals surface area contributed by atoms with Gasteiger partial charge in [0.05, 0.1) is 6.21 Å². The molecule has 0 bridgehead atoms. The Kier molecular flexibility index (Phi) is 6.71. The Morgan fingerprint density at radius 2 is 1.80 bits per heavy atom. The lowest BCUT2D eigenvalue weighted by molar-refractivity contribution is -0.136. The molecule has 0 aromatic heterocycles.